The minimum absolute atomic E-state index is 0.0362. The van der Waals surface area contributed by atoms with Crippen LogP contribution in [0.5, 0.6) is 5.75 Å². The summed E-state index contributed by atoms with van der Waals surface area (Å²) < 4.78 is 41.0. The number of aryl methyl sites for hydroxylation is 1. The molecule has 2 N–H and O–H groups in total. The molecule has 1 spiro atoms. The third-order valence-electron chi connectivity index (χ3n) is 7.06. The first-order valence-electron chi connectivity index (χ1n) is 11.9. The molecule has 0 saturated carbocycles. The molecular weight excluding hydrogens is 459 g/mol. The molecule has 0 aliphatic carbocycles. The van der Waals surface area contributed by atoms with Crippen LogP contribution >= 0.6 is 0 Å². The van der Waals surface area contributed by atoms with Crippen molar-refractivity contribution in [3.05, 3.63) is 65.2 Å². The average molecular weight is 490 g/mol. The molecule has 2 aliphatic heterocycles. The van der Waals surface area contributed by atoms with Crippen LogP contribution in [-0.2, 0) is 17.8 Å². The summed E-state index contributed by atoms with van der Waals surface area (Å²) in [6.07, 6.45) is -0.614. The molecule has 0 unspecified atom stereocenters. The van der Waals surface area contributed by atoms with E-state index in [9.17, 15) is 22.8 Å². The Hall–Kier alpha value is -3.07. The molecule has 2 saturated heterocycles. The van der Waals surface area contributed by atoms with Crippen LogP contribution in [0.2, 0.25) is 0 Å². The van der Waals surface area contributed by atoms with Crippen molar-refractivity contribution >= 4 is 11.8 Å². The lowest BCUT2D eigenvalue weighted by Crippen LogP contribution is -2.42. The molecule has 6 nitrogen and oxygen atoms in total. The van der Waals surface area contributed by atoms with Crippen molar-refractivity contribution in [3.63, 3.8) is 0 Å². The van der Waals surface area contributed by atoms with Crippen LogP contribution in [0.1, 0.15) is 47.2 Å². The summed E-state index contributed by atoms with van der Waals surface area (Å²) in [6.45, 7) is 3.82. The van der Waals surface area contributed by atoms with Crippen molar-refractivity contribution in [2.45, 2.75) is 45.0 Å². The molecule has 2 amide bonds. The van der Waals surface area contributed by atoms with E-state index in [1.807, 2.05) is 23.1 Å². The van der Waals surface area contributed by atoms with Gasteiger partial charge in [0, 0.05) is 25.1 Å². The van der Waals surface area contributed by atoms with E-state index >= 15 is 0 Å². The van der Waals surface area contributed by atoms with E-state index in [-0.39, 0.29) is 17.1 Å². The number of alkyl halides is 3. The molecule has 2 fully saturated rings. The second kappa shape index (κ2) is 10.3. The highest BCUT2D eigenvalue weighted by molar-refractivity contribution is 5.94. The monoisotopic (exact) mass is 489 g/mol. The summed E-state index contributed by atoms with van der Waals surface area (Å²) in [5.41, 5.74) is 7.76. The Morgan fingerprint density at radius 2 is 1.74 bits per heavy atom. The van der Waals surface area contributed by atoms with Gasteiger partial charge in [0.15, 0.2) is 0 Å². The van der Waals surface area contributed by atoms with Gasteiger partial charge in [-0.25, -0.2) is 0 Å². The maximum atomic E-state index is 12.7. The summed E-state index contributed by atoms with van der Waals surface area (Å²) in [5, 5.41) is 0. The Bertz CT molecular complexity index is 1050. The molecular formula is C26H30F3N3O3. The maximum Gasteiger partial charge on any atom is 0.573 e. The number of benzene rings is 2. The fourth-order valence-electron chi connectivity index (χ4n) is 5.20. The lowest BCUT2D eigenvalue weighted by atomic mass is 9.77. The zero-order valence-electron chi connectivity index (χ0n) is 19.5. The summed E-state index contributed by atoms with van der Waals surface area (Å²) >= 11 is 0. The molecule has 2 aliphatic rings. The number of rotatable bonds is 8. The lowest BCUT2D eigenvalue weighted by molar-refractivity contribution is -0.274. The minimum Gasteiger partial charge on any atom is -0.406 e. The van der Waals surface area contributed by atoms with Gasteiger partial charge in [-0.15, -0.1) is 13.2 Å². The second-order valence-corrected chi connectivity index (χ2v) is 9.58. The van der Waals surface area contributed by atoms with Gasteiger partial charge in [0.2, 0.25) is 11.8 Å². The fraction of sp³-hybridized carbons (Fsp3) is 0.462. The molecule has 0 radical (unpaired) electrons. The van der Waals surface area contributed by atoms with E-state index < -0.39 is 12.3 Å². The van der Waals surface area contributed by atoms with E-state index in [2.05, 4.69) is 9.64 Å². The normalized spacial score (nSPS) is 18.3. The number of likely N-dealkylation sites (tertiary alicyclic amines) is 2. The predicted octanol–water partition coefficient (Wildman–Crippen LogP) is 4.13. The molecule has 2 aromatic rings. The number of piperidine rings is 1. The number of carbonyl (C=O) groups is 2. The van der Waals surface area contributed by atoms with Gasteiger partial charge in [-0.05, 0) is 80.1 Å². The molecule has 188 valence electrons. The highest BCUT2D eigenvalue weighted by Gasteiger charge is 2.44. The summed E-state index contributed by atoms with van der Waals surface area (Å²) in [7, 11) is 0. The first-order valence-corrected chi connectivity index (χ1v) is 11.9. The molecule has 2 aromatic carbocycles. The Balaban J connectivity index is 1.24. The number of primary amides is 1. The first kappa shape index (κ1) is 25.0. The molecule has 9 heteroatoms. The third kappa shape index (κ3) is 6.54. The number of amides is 2. The first-order chi connectivity index (χ1) is 16.6. The topological polar surface area (TPSA) is 75.9 Å². The Morgan fingerprint density at radius 1 is 1.06 bits per heavy atom. The van der Waals surface area contributed by atoms with Crippen LogP contribution in [-0.4, -0.2) is 54.2 Å². The lowest BCUT2D eigenvalue weighted by Gasteiger charge is -2.39. The van der Waals surface area contributed by atoms with Crippen LogP contribution in [0.15, 0.2) is 48.5 Å². The SMILES string of the molecule is NC(=O)c1ccccc1CCCN1CCC2(CC1)CC(=O)N(Cc1ccc(OC(F)(F)F)cc1)C2. The Kier molecular flexibility index (Phi) is 7.35. The number of nitrogens with zero attached hydrogens (tertiary/aromatic N) is 2. The average Bonchev–Trinajstić information content (AvgIpc) is 3.10. The summed E-state index contributed by atoms with van der Waals surface area (Å²) in [6, 6.07) is 13.1. The zero-order valence-corrected chi connectivity index (χ0v) is 19.5. The second-order valence-electron chi connectivity index (χ2n) is 9.58. The van der Waals surface area contributed by atoms with Gasteiger partial charge in [-0.1, -0.05) is 30.3 Å². The predicted molar refractivity (Wildman–Crippen MR) is 125 cm³/mol. The molecule has 0 atom stereocenters. The number of ether oxygens (including phenoxy) is 1. The molecule has 0 bridgehead atoms. The molecule has 35 heavy (non-hydrogen) atoms. The van der Waals surface area contributed by atoms with Crippen LogP contribution < -0.4 is 10.5 Å². The van der Waals surface area contributed by atoms with E-state index in [1.165, 1.54) is 12.1 Å². The van der Waals surface area contributed by atoms with Gasteiger partial charge in [0.1, 0.15) is 5.75 Å². The van der Waals surface area contributed by atoms with Crippen molar-refractivity contribution in [2.75, 3.05) is 26.2 Å². The van der Waals surface area contributed by atoms with Crippen molar-refractivity contribution in [2.24, 2.45) is 11.1 Å². The zero-order chi connectivity index (χ0) is 25.1. The van der Waals surface area contributed by atoms with Crippen molar-refractivity contribution in [3.8, 4) is 5.75 Å². The Morgan fingerprint density at radius 3 is 2.40 bits per heavy atom. The fourth-order valence-corrected chi connectivity index (χ4v) is 5.20. The van der Waals surface area contributed by atoms with Crippen LogP contribution in [0.4, 0.5) is 13.2 Å². The van der Waals surface area contributed by atoms with E-state index in [0.29, 0.717) is 25.1 Å². The van der Waals surface area contributed by atoms with Gasteiger partial charge in [0.05, 0.1) is 0 Å². The van der Waals surface area contributed by atoms with Crippen LogP contribution in [0, 0.1) is 5.41 Å². The molecule has 0 aromatic heterocycles. The van der Waals surface area contributed by atoms with Crippen molar-refractivity contribution in [1.29, 1.82) is 0 Å². The highest BCUT2D eigenvalue weighted by atomic mass is 19.4. The number of hydrogen-bond donors (Lipinski definition) is 1. The highest BCUT2D eigenvalue weighted by Crippen LogP contribution is 2.41. The summed E-state index contributed by atoms with van der Waals surface area (Å²) in [4.78, 5) is 28.5. The standard InChI is InChI=1S/C26H30F3N3O3/c27-26(28,29)35-21-9-7-19(8-10-21)17-32-18-25(16-23(32)33)11-14-31(15-12-25)13-3-5-20-4-1-2-6-22(20)24(30)34/h1-2,4,6-10H,3,5,11-18H2,(H2,30,34). The van der Waals surface area contributed by atoms with Gasteiger partial charge in [0.25, 0.3) is 0 Å². The summed E-state index contributed by atoms with van der Waals surface area (Å²) in [5.74, 6) is -0.574. The number of halogens is 3. The van der Waals surface area contributed by atoms with Crippen molar-refractivity contribution < 1.29 is 27.5 Å². The largest absolute Gasteiger partial charge is 0.573 e. The van der Waals surface area contributed by atoms with Gasteiger partial charge >= 0.3 is 6.36 Å². The van der Waals surface area contributed by atoms with E-state index in [0.717, 1.165) is 56.4 Å². The number of nitrogens with two attached hydrogens (primary N) is 1. The Labute approximate surface area is 202 Å². The van der Waals surface area contributed by atoms with Gasteiger partial charge in [-0.2, -0.15) is 0 Å². The molecule has 2 heterocycles. The quantitative estimate of drug-likeness (QED) is 0.605. The van der Waals surface area contributed by atoms with Gasteiger partial charge in [-0.3, -0.25) is 9.59 Å². The van der Waals surface area contributed by atoms with E-state index in [4.69, 9.17) is 5.73 Å². The maximum absolute atomic E-state index is 12.7. The smallest absolute Gasteiger partial charge is 0.406 e. The van der Waals surface area contributed by atoms with Crippen molar-refractivity contribution in [1.82, 2.24) is 9.80 Å². The third-order valence-corrected chi connectivity index (χ3v) is 7.06. The van der Waals surface area contributed by atoms with Crippen LogP contribution in [0.25, 0.3) is 0 Å². The van der Waals surface area contributed by atoms with E-state index in [1.54, 1.807) is 18.2 Å². The van der Waals surface area contributed by atoms with Crippen LogP contribution in [0.3, 0.4) is 0 Å². The number of hydrogen-bond acceptors (Lipinski definition) is 4. The number of carbonyl (C=O) groups excluding carboxylic acids is 2. The minimum atomic E-state index is -4.72. The van der Waals surface area contributed by atoms with Gasteiger partial charge < -0.3 is 20.3 Å². The molecule has 4 rings (SSSR count).